The molecule has 0 spiro atoms. The number of rotatable bonds is 6. The SMILES string of the molecule is OCCC1CN(Cc2ccn[nH]2)CCN1Cc1ccccc1F. The second-order valence-electron chi connectivity index (χ2n) is 6.04. The van der Waals surface area contributed by atoms with Gasteiger partial charge >= 0.3 is 0 Å². The topological polar surface area (TPSA) is 55.4 Å². The van der Waals surface area contributed by atoms with Gasteiger partial charge in [0.2, 0.25) is 0 Å². The minimum atomic E-state index is -0.157. The summed E-state index contributed by atoms with van der Waals surface area (Å²) in [7, 11) is 0. The first kappa shape index (κ1) is 16.1. The number of hydrogen-bond donors (Lipinski definition) is 2. The summed E-state index contributed by atoms with van der Waals surface area (Å²) in [4.78, 5) is 4.63. The molecule has 1 unspecified atom stereocenters. The van der Waals surface area contributed by atoms with Crippen LogP contribution in [-0.4, -0.2) is 57.4 Å². The Morgan fingerprint density at radius 1 is 1.22 bits per heavy atom. The van der Waals surface area contributed by atoms with Gasteiger partial charge in [-0.25, -0.2) is 4.39 Å². The molecule has 5 nitrogen and oxygen atoms in total. The number of halogens is 1. The highest BCUT2D eigenvalue weighted by Crippen LogP contribution is 2.19. The van der Waals surface area contributed by atoms with E-state index in [4.69, 9.17) is 0 Å². The molecule has 124 valence electrons. The second kappa shape index (κ2) is 7.68. The maximum Gasteiger partial charge on any atom is 0.127 e. The molecule has 1 aromatic heterocycles. The average Bonchev–Trinajstić information content (AvgIpc) is 3.05. The zero-order valence-electron chi connectivity index (χ0n) is 13.2. The molecule has 1 aromatic carbocycles. The fourth-order valence-electron chi connectivity index (χ4n) is 3.19. The van der Waals surface area contributed by atoms with Crippen molar-refractivity contribution in [1.82, 2.24) is 20.0 Å². The van der Waals surface area contributed by atoms with E-state index < -0.39 is 0 Å². The van der Waals surface area contributed by atoms with Crippen LogP contribution in [0, 0.1) is 5.82 Å². The highest BCUT2D eigenvalue weighted by atomic mass is 19.1. The Balaban J connectivity index is 1.64. The lowest BCUT2D eigenvalue weighted by molar-refractivity contribution is 0.0487. The fourth-order valence-corrected chi connectivity index (χ4v) is 3.19. The Labute approximate surface area is 135 Å². The van der Waals surface area contributed by atoms with Gasteiger partial charge in [0.15, 0.2) is 0 Å². The molecule has 23 heavy (non-hydrogen) atoms. The predicted octanol–water partition coefficient (Wildman–Crippen LogP) is 1.62. The molecule has 3 rings (SSSR count). The van der Waals surface area contributed by atoms with E-state index in [1.165, 1.54) is 6.07 Å². The molecule has 0 aliphatic carbocycles. The van der Waals surface area contributed by atoms with Gasteiger partial charge < -0.3 is 5.11 Å². The normalized spacial score (nSPS) is 20.0. The first-order valence-electron chi connectivity index (χ1n) is 8.05. The Hall–Kier alpha value is -1.76. The second-order valence-corrected chi connectivity index (χ2v) is 6.04. The van der Waals surface area contributed by atoms with Crippen molar-refractivity contribution in [2.45, 2.75) is 25.6 Å². The summed E-state index contributed by atoms with van der Waals surface area (Å²) >= 11 is 0. The number of hydrogen-bond acceptors (Lipinski definition) is 4. The van der Waals surface area contributed by atoms with Gasteiger partial charge in [0, 0.05) is 62.8 Å². The maximum atomic E-state index is 13.9. The third-order valence-corrected chi connectivity index (χ3v) is 4.43. The zero-order valence-corrected chi connectivity index (χ0v) is 13.2. The Morgan fingerprint density at radius 3 is 2.83 bits per heavy atom. The van der Waals surface area contributed by atoms with Crippen molar-refractivity contribution in [3.05, 3.63) is 53.6 Å². The zero-order chi connectivity index (χ0) is 16.1. The summed E-state index contributed by atoms with van der Waals surface area (Å²) in [5.74, 6) is -0.157. The van der Waals surface area contributed by atoms with E-state index in [1.54, 1.807) is 12.3 Å². The third kappa shape index (κ3) is 4.16. The number of aromatic nitrogens is 2. The third-order valence-electron chi connectivity index (χ3n) is 4.43. The molecular formula is C17H23FN4O. The highest BCUT2D eigenvalue weighted by molar-refractivity contribution is 5.17. The van der Waals surface area contributed by atoms with Crippen LogP contribution in [0.5, 0.6) is 0 Å². The number of nitrogens with one attached hydrogen (secondary N) is 1. The number of nitrogens with zero attached hydrogens (tertiary/aromatic N) is 3. The molecule has 2 aromatic rings. The lowest BCUT2D eigenvalue weighted by Gasteiger charge is -2.41. The molecule has 6 heteroatoms. The minimum absolute atomic E-state index is 0.149. The van der Waals surface area contributed by atoms with Crippen LogP contribution in [0.4, 0.5) is 4.39 Å². The van der Waals surface area contributed by atoms with Crippen molar-refractivity contribution in [1.29, 1.82) is 0 Å². The molecule has 1 fully saturated rings. The van der Waals surface area contributed by atoms with E-state index in [2.05, 4.69) is 20.0 Å². The lowest BCUT2D eigenvalue weighted by atomic mass is 10.1. The number of aliphatic hydroxyl groups is 1. The average molecular weight is 318 g/mol. The number of aliphatic hydroxyl groups excluding tert-OH is 1. The van der Waals surface area contributed by atoms with Crippen LogP contribution < -0.4 is 0 Å². The molecule has 1 aliphatic rings. The van der Waals surface area contributed by atoms with E-state index in [-0.39, 0.29) is 18.5 Å². The molecule has 1 aliphatic heterocycles. The van der Waals surface area contributed by atoms with Gasteiger partial charge in [-0.05, 0) is 18.6 Å². The van der Waals surface area contributed by atoms with E-state index in [1.807, 2.05) is 18.2 Å². The molecule has 0 radical (unpaired) electrons. The molecule has 0 bridgehead atoms. The molecule has 1 saturated heterocycles. The van der Waals surface area contributed by atoms with Gasteiger partial charge in [0.1, 0.15) is 5.82 Å². The molecule has 2 N–H and O–H groups in total. The van der Waals surface area contributed by atoms with Gasteiger partial charge in [-0.3, -0.25) is 14.9 Å². The van der Waals surface area contributed by atoms with E-state index in [0.717, 1.165) is 37.4 Å². The first-order chi connectivity index (χ1) is 11.3. The van der Waals surface area contributed by atoms with Crippen LogP contribution in [0.15, 0.2) is 36.5 Å². The fraction of sp³-hybridized carbons (Fsp3) is 0.471. The molecule has 0 amide bonds. The summed E-state index contributed by atoms with van der Waals surface area (Å²) in [5.41, 5.74) is 1.81. The Morgan fingerprint density at radius 2 is 2.09 bits per heavy atom. The van der Waals surface area contributed by atoms with Crippen molar-refractivity contribution in [2.24, 2.45) is 0 Å². The van der Waals surface area contributed by atoms with Gasteiger partial charge in [-0.1, -0.05) is 18.2 Å². The number of aromatic amines is 1. The van der Waals surface area contributed by atoms with Crippen LogP contribution in [0.1, 0.15) is 17.7 Å². The first-order valence-corrected chi connectivity index (χ1v) is 8.05. The summed E-state index contributed by atoms with van der Waals surface area (Å²) in [6, 6.07) is 9.14. The molecule has 2 heterocycles. The summed E-state index contributed by atoms with van der Waals surface area (Å²) in [6.07, 6.45) is 2.46. The standard InChI is InChI=1S/C17H23FN4O/c18-17-4-2-1-3-14(17)11-22-9-8-21(13-16(22)6-10-23)12-15-5-7-19-20-15/h1-5,7,16,23H,6,8-13H2,(H,19,20). The smallest absolute Gasteiger partial charge is 0.127 e. The van der Waals surface area contributed by atoms with Gasteiger partial charge in [-0.15, -0.1) is 0 Å². The van der Waals surface area contributed by atoms with Crippen molar-refractivity contribution in [3.63, 3.8) is 0 Å². The van der Waals surface area contributed by atoms with Gasteiger partial charge in [-0.2, -0.15) is 5.10 Å². The largest absolute Gasteiger partial charge is 0.396 e. The van der Waals surface area contributed by atoms with Crippen LogP contribution >= 0.6 is 0 Å². The van der Waals surface area contributed by atoms with Crippen molar-refractivity contribution < 1.29 is 9.50 Å². The van der Waals surface area contributed by atoms with Crippen molar-refractivity contribution >= 4 is 0 Å². The lowest BCUT2D eigenvalue weighted by Crippen LogP contribution is -2.52. The number of benzene rings is 1. The Kier molecular flexibility index (Phi) is 5.38. The summed E-state index contributed by atoms with van der Waals surface area (Å²) in [6.45, 7) is 4.23. The number of H-pyrrole nitrogens is 1. The van der Waals surface area contributed by atoms with Crippen molar-refractivity contribution in [3.8, 4) is 0 Å². The van der Waals surface area contributed by atoms with E-state index in [9.17, 15) is 9.50 Å². The predicted molar refractivity (Wildman–Crippen MR) is 86.2 cm³/mol. The molecule has 1 atom stereocenters. The molecule has 0 saturated carbocycles. The summed E-state index contributed by atoms with van der Waals surface area (Å²) < 4.78 is 13.9. The molecular weight excluding hydrogens is 295 g/mol. The minimum Gasteiger partial charge on any atom is -0.396 e. The Bertz CT molecular complexity index is 604. The van der Waals surface area contributed by atoms with Crippen LogP contribution in [0.3, 0.4) is 0 Å². The maximum absolute atomic E-state index is 13.9. The van der Waals surface area contributed by atoms with Crippen molar-refractivity contribution in [2.75, 3.05) is 26.2 Å². The van der Waals surface area contributed by atoms with E-state index >= 15 is 0 Å². The van der Waals surface area contributed by atoms with Crippen LogP contribution in [0.2, 0.25) is 0 Å². The number of piperazine rings is 1. The van der Waals surface area contributed by atoms with Crippen LogP contribution in [0.25, 0.3) is 0 Å². The summed E-state index contributed by atoms with van der Waals surface area (Å²) in [5, 5.41) is 16.3. The monoisotopic (exact) mass is 318 g/mol. The van der Waals surface area contributed by atoms with Gasteiger partial charge in [0.05, 0.1) is 0 Å². The highest BCUT2D eigenvalue weighted by Gasteiger charge is 2.27. The quantitative estimate of drug-likeness (QED) is 0.850. The van der Waals surface area contributed by atoms with Gasteiger partial charge in [0.25, 0.3) is 0 Å². The van der Waals surface area contributed by atoms with Crippen LogP contribution in [-0.2, 0) is 13.1 Å². The van der Waals surface area contributed by atoms with E-state index in [0.29, 0.717) is 13.0 Å².